The number of thiophene rings is 1. The molecule has 6 heteroatoms. The van der Waals surface area contributed by atoms with Crippen molar-refractivity contribution in [2.75, 3.05) is 0 Å². The Morgan fingerprint density at radius 1 is 1.32 bits per heavy atom. The molecule has 4 nitrogen and oxygen atoms in total. The Morgan fingerprint density at radius 2 is 2.05 bits per heavy atom. The van der Waals surface area contributed by atoms with Crippen LogP contribution in [0.1, 0.15) is 18.5 Å². The first-order valence-corrected chi connectivity index (χ1v) is 7.47. The van der Waals surface area contributed by atoms with Crippen molar-refractivity contribution in [2.24, 2.45) is 0 Å². The maximum absolute atomic E-state index is 13.0. The smallest absolute Gasteiger partial charge is 0.312 e. The second-order valence-corrected chi connectivity index (χ2v) is 5.73. The highest BCUT2D eigenvalue weighted by Gasteiger charge is 2.26. The van der Waals surface area contributed by atoms with Gasteiger partial charge in [-0.3, -0.25) is 4.79 Å². The van der Waals surface area contributed by atoms with Crippen LogP contribution in [0.4, 0.5) is 4.39 Å². The molecule has 0 saturated carbocycles. The molecule has 0 aliphatic rings. The van der Waals surface area contributed by atoms with Gasteiger partial charge in [-0.25, -0.2) is 9.37 Å². The number of nitrogens with zero attached hydrogens (tertiary/aromatic N) is 1. The topological polar surface area (TPSA) is 63.3 Å². The summed E-state index contributed by atoms with van der Waals surface area (Å²) in [6.45, 7) is 1.56. The summed E-state index contributed by atoms with van der Waals surface area (Å²) in [6.07, 6.45) is 0. The average Bonchev–Trinajstić information content (AvgIpc) is 3.16. The monoisotopic (exact) mass is 317 g/mol. The summed E-state index contributed by atoms with van der Waals surface area (Å²) in [7, 11) is 0. The molecule has 112 valence electrons. The van der Waals surface area contributed by atoms with E-state index in [0.717, 1.165) is 4.88 Å². The molecule has 0 radical (unpaired) electrons. The molecule has 0 bridgehead atoms. The van der Waals surface area contributed by atoms with Crippen molar-refractivity contribution in [3.8, 4) is 22.1 Å². The zero-order valence-corrected chi connectivity index (χ0v) is 12.4. The van der Waals surface area contributed by atoms with Crippen molar-refractivity contribution in [3.63, 3.8) is 0 Å². The van der Waals surface area contributed by atoms with E-state index in [4.69, 9.17) is 4.42 Å². The van der Waals surface area contributed by atoms with Crippen molar-refractivity contribution in [1.29, 1.82) is 0 Å². The van der Waals surface area contributed by atoms with E-state index in [1.54, 1.807) is 19.1 Å². The zero-order valence-electron chi connectivity index (χ0n) is 11.6. The van der Waals surface area contributed by atoms with E-state index in [1.807, 2.05) is 17.5 Å². The number of hydrogen-bond donors (Lipinski definition) is 1. The number of hydrogen-bond acceptors (Lipinski definition) is 4. The van der Waals surface area contributed by atoms with Crippen LogP contribution >= 0.6 is 11.3 Å². The average molecular weight is 317 g/mol. The van der Waals surface area contributed by atoms with E-state index in [0.29, 0.717) is 17.0 Å². The van der Waals surface area contributed by atoms with Crippen LogP contribution in [0.15, 0.2) is 46.2 Å². The minimum atomic E-state index is -0.975. The quantitative estimate of drug-likeness (QED) is 0.775. The Kier molecular flexibility index (Phi) is 3.77. The number of carboxylic acid groups (broad SMARTS) is 1. The van der Waals surface area contributed by atoms with Gasteiger partial charge >= 0.3 is 5.97 Å². The van der Waals surface area contributed by atoms with Crippen molar-refractivity contribution in [3.05, 3.63) is 53.3 Å². The van der Waals surface area contributed by atoms with Gasteiger partial charge in [0.15, 0.2) is 5.76 Å². The van der Waals surface area contributed by atoms with Gasteiger partial charge in [-0.05, 0) is 42.6 Å². The lowest BCUT2D eigenvalue weighted by molar-refractivity contribution is -0.138. The first-order valence-electron chi connectivity index (χ1n) is 6.59. The number of carboxylic acids is 1. The second kappa shape index (κ2) is 5.73. The molecule has 1 atom stereocenters. The van der Waals surface area contributed by atoms with Crippen molar-refractivity contribution in [1.82, 2.24) is 4.98 Å². The molecule has 0 aliphatic carbocycles. The van der Waals surface area contributed by atoms with Crippen LogP contribution in [0.3, 0.4) is 0 Å². The highest BCUT2D eigenvalue weighted by molar-refractivity contribution is 7.13. The van der Waals surface area contributed by atoms with Crippen LogP contribution in [-0.2, 0) is 4.79 Å². The Labute approximate surface area is 129 Å². The van der Waals surface area contributed by atoms with Crippen molar-refractivity contribution < 1.29 is 18.7 Å². The van der Waals surface area contributed by atoms with Gasteiger partial charge in [0, 0.05) is 5.56 Å². The molecule has 22 heavy (non-hydrogen) atoms. The first kappa shape index (κ1) is 14.5. The third-order valence-corrected chi connectivity index (χ3v) is 4.14. The Bertz CT molecular complexity index is 793. The summed E-state index contributed by atoms with van der Waals surface area (Å²) in [4.78, 5) is 16.4. The lowest BCUT2D eigenvalue weighted by atomic mass is 10.1. The fraction of sp³-hybridized carbons (Fsp3) is 0.125. The van der Waals surface area contributed by atoms with E-state index in [-0.39, 0.29) is 11.7 Å². The van der Waals surface area contributed by atoms with Crippen LogP contribution in [-0.4, -0.2) is 16.1 Å². The van der Waals surface area contributed by atoms with Gasteiger partial charge in [-0.15, -0.1) is 11.3 Å². The number of rotatable bonds is 4. The minimum Gasteiger partial charge on any atom is -0.481 e. The highest BCUT2D eigenvalue weighted by Crippen LogP contribution is 2.36. The van der Waals surface area contributed by atoms with Crippen molar-refractivity contribution in [2.45, 2.75) is 12.8 Å². The Hall–Kier alpha value is -2.47. The predicted octanol–water partition coefficient (Wildman–Crippen LogP) is 4.40. The molecular weight excluding hydrogens is 305 g/mol. The second-order valence-electron chi connectivity index (χ2n) is 4.78. The van der Waals surface area contributed by atoms with E-state index in [9.17, 15) is 14.3 Å². The van der Waals surface area contributed by atoms with Gasteiger partial charge in [-0.1, -0.05) is 6.07 Å². The maximum atomic E-state index is 13.0. The molecule has 0 fully saturated rings. The summed E-state index contributed by atoms with van der Waals surface area (Å²) >= 11 is 1.44. The largest absolute Gasteiger partial charge is 0.481 e. The molecule has 3 aromatic rings. The van der Waals surface area contributed by atoms with E-state index >= 15 is 0 Å². The van der Waals surface area contributed by atoms with E-state index in [1.165, 1.54) is 23.5 Å². The zero-order chi connectivity index (χ0) is 15.7. The third kappa shape index (κ3) is 2.65. The number of carbonyl (C=O) groups is 1. The number of benzene rings is 1. The summed E-state index contributed by atoms with van der Waals surface area (Å²) < 4.78 is 18.8. The summed E-state index contributed by atoms with van der Waals surface area (Å²) in [5.41, 5.74) is 0.970. The van der Waals surface area contributed by atoms with Gasteiger partial charge < -0.3 is 9.52 Å². The molecule has 0 saturated heterocycles. The molecule has 2 heterocycles. The Balaban J connectivity index is 2.12. The van der Waals surface area contributed by atoms with Crippen molar-refractivity contribution >= 4 is 17.3 Å². The molecule has 2 aromatic heterocycles. The number of oxazole rings is 1. The number of aliphatic carboxylic acids is 1. The van der Waals surface area contributed by atoms with Gasteiger partial charge in [0.2, 0.25) is 5.89 Å². The summed E-state index contributed by atoms with van der Waals surface area (Å²) in [5, 5.41) is 11.1. The highest BCUT2D eigenvalue weighted by atomic mass is 32.1. The van der Waals surface area contributed by atoms with E-state index in [2.05, 4.69) is 4.98 Å². The van der Waals surface area contributed by atoms with Gasteiger partial charge in [0.05, 0.1) is 4.88 Å². The molecule has 0 spiro atoms. The SMILES string of the molecule is CC(C(=O)O)c1nc(-c2ccc(F)cc2)oc1-c1cccs1. The van der Waals surface area contributed by atoms with E-state index < -0.39 is 11.9 Å². The molecule has 0 aliphatic heterocycles. The molecule has 1 N–H and O–H groups in total. The van der Waals surface area contributed by atoms with Crippen LogP contribution < -0.4 is 0 Å². The fourth-order valence-corrected chi connectivity index (χ4v) is 2.76. The summed E-state index contributed by atoms with van der Waals surface area (Å²) in [6, 6.07) is 9.42. The van der Waals surface area contributed by atoms with Gasteiger partial charge in [0.1, 0.15) is 17.4 Å². The van der Waals surface area contributed by atoms with Gasteiger partial charge in [0.25, 0.3) is 0 Å². The van der Waals surface area contributed by atoms with Crippen LogP contribution in [0.25, 0.3) is 22.1 Å². The molecule has 1 aromatic carbocycles. The van der Waals surface area contributed by atoms with Gasteiger partial charge in [-0.2, -0.15) is 0 Å². The lowest BCUT2D eigenvalue weighted by Crippen LogP contribution is -2.08. The van der Waals surface area contributed by atoms with Crippen LogP contribution in [0, 0.1) is 5.82 Å². The maximum Gasteiger partial charge on any atom is 0.312 e. The fourth-order valence-electron chi connectivity index (χ4n) is 2.04. The Morgan fingerprint density at radius 3 is 2.64 bits per heavy atom. The number of halogens is 1. The standard InChI is InChI=1S/C16H12FNO3S/c1-9(16(19)20)13-14(12-3-2-8-22-12)21-15(18-13)10-4-6-11(17)7-5-10/h2-9H,1H3,(H,19,20). The molecular formula is C16H12FNO3S. The summed E-state index contributed by atoms with van der Waals surface area (Å²) in [5.74, 6) is -1.39. The predicted molar refractivity (Wildman–Crippen MR) is 81.3 cm³/mol. The normalized spacial score (nSPS) is 12.3. The number of aromatic nitrogens is 1. The lowest BCUT2D eigenvalue weighted by Gasteiger charge is -2.02. The van der Waals surface area contributed by atoms with Crippen LogP contribution in [0.5, 0.6) is 0 Å². The molecule has 1 unspecified atom stereocenters. The first-order chi connectivity index (χ1) is 10.6. The third-order valence-electron chi connectivity index (χ3n) is 3.27. The molecule has 0 amide bonds. The van der Waals surface area contributed by atoms with Crippen LogP contribution in [0.2, 0.25) is 0 Å². The minimum absolute atomic E-state index is 0.284. The molecule has 3 rings (SSSR count).